The van der Waals surface area contributed by atoms with Crippen LogP contribution in [0.4, 0.5) is 17.5 Å². The Bertz CT molecular complexity index is 623. The molecule has 21 heavy (non-hydrogen) atoms. The Kier molecular flexibility index (Phi) is 4.39. The summed E-state index contributed by atoms with van der Waals surface area (Å²) in [5.74, 6) is 1.52. The molecule has 1 saturated carbocycles. The summed E-state index contributed by atoms with van der Waals surface area (Å²) in [6.45, 7) is 2.06. The molecule has 0 amide bonds. The zero-order valence-electron chi connectivity index (χ0n) is 12.1. The fourth-order valence-corrected chi connectivity index (χ4v) is 2.88. The highest BCUT2D eigenvalue weighted by Gasteiger charge is 2.15. The molecular weight excluding hydrogens is 328 g/mol. The fraction of sp³-hybridized carbons (Fsp3) is 0.375. The summed E-state index contributed by atoms with van der Waals surface area (Å²) < 4.78 is 1.10. The maximum Gasteiger partial charge on any atom is 0.229 e. The molecule has 0 atom stereocenters. The number of anilines is 3. The van der Waals surface area contributed by atoms with E-state index in [1.165, 1.54) is 31.2 Å². The standard InChI is InChI=1S/C16H19BrN4/c1-11-10-13(6-7-14(11)17)20-16-18-9-8-15(21-16)19-12-4-2-3-5-12/h6-10,12H,2-5H2,1H3,(H2,18,19,20,21). The zero-order valence-corrected chi connectivity index (χ0v) is 13.7. The van der Waals surface area contributed by atoms with Crippen LogP contribution in [0.5, 0.6) is 0 Å². The van der Waals surface area contributed by atoms with Crippen molar-refractivity contribution >= 4 is 33.4 Å². The van der Waals surface area contributed by atoms with Gasteiger partial charge in [0, 0.05) is 22.4 Å². The van der Waals surface area contributed by atoms with Crippen molar-refractivity contribution in [1.82, 2.24) is 9.97 Å². The lowest BCUT2D eigenvalue weighted by atomic mass is 10.2. The van der Waals surface area contributed by atoms with E-state index in [2.05, 4.69) is 49.5 Å². The van der Waals surface area contributed by atoms with Crippen LogP contribution in [-0.2, 0) is 0 Å². The molecule has 0 aliphatic heterocycles. The van der Waals surface area contributed by atoms with Gasteiger partial charge in [0.25, 0.3) is 0 Å². The number of hydrogen-bond acceptors (Lipinski definition) is 4. The van der Waals surface area contributed by atoms with Crippen LogP contribution in [0.3, 0.4) is 0 Å². The highest BCUT2D eigenvalue weighted by molar-refractivity contribution is 9.10. The Balaban J connectivity index is 1.71. The molecule has 4 nitrogen and oxygen atoms in total. The van der Waals surface area contributed by atoms with Gasteiger partial charge < -0.3 is 10.6 Å². The van der Waals surface area contributed by atoms with Gasteiger partial charge in [-0.2, -0.15) is 4.98 Å². The molecule has 2 N–H and O–H groups in total. The summed E-state index contributed by atoms with van der Waals surface area (Å²) in [6.07, 6.45) is 6.88. The minimum atomic E-state index is 0.558. The Hall–Kier alpha value is -1.62. The Morgan fingerprint density at radius 2 is 2.00 bits per heavy atom. The topological polar surface area (TPSA) is 49.8 Å². The van der Waals surface area contributed by atoms with E-state index in [-0.39, 0.29) is 0 Å². The van der Waals surface area contributed by atoms with Crippen LogP contribution in [0.15, 0.2) is 34.9 Å². The van der Waals surface area contributed by atoms with Crippen molar-refractivity contribution in [1.29, 1.82) is 0 Å². The van der Waals surface area contributed by atoms with Crippen LogP contribution in [0.25, 0.3) is 0 Å². The van der Waals surface area contributed by atoms with Crippen molar-refractivity contribution in [3.8, 4) is 0 Å². The lowest BCUT2D eigenvalue weighted by Gasteiger charge is -2.13. The van der Waals surface area contributed by atoms with E-state index in [0.29, 0.717) is 12.0 Å². The largest absolute Gasteiger partial charge is 0.367 e. The lowest BCUT2D eigenvalue weighted by Crippen LogP contribution is -2.15. The quantitative estimate of drug-likeness (QED) is 0.846. The summed E-state index contributed by atoms with van der Waals surface area (Å²) in [4.78, 5) is 8.83. The minimum absolute atomic E-state index is 0.558. The number of aromatic nitrogens is 2. The molecule has 3 rings (SSSR count). The van der Waals surface area contributed by atoms with E-state index in [4.69, 9.17) is 0 Å². The van der Waals surface area contributed by atoms with Gasteiger partial charge in [-0.3, -0.25) is 0 Å². The van der Waals surface area contributed by atoms with Crippen LogP contribution in [-0.4, -0.2) is 16.0 Å². The Morgan fingerprint density at radius 1 is 1.19 bits per heavy atom. The zero-order chi connectivity index (χ0) is 14.7. The van der Waals surface area contributed by atoms with Gasteiger partial charge in [0.05, 0.1) is 0 Å². The fourth-order valence-electron chi connectivity index (χ4n) is 2.63. The van der Waals surface area contributed by atoms with Crippen molar-refractivity contribution in [2.24, 2.45) is 0 Å². The van der Waals surface area contributed by atoms with Crippen LogP contribution in [0.1, 0.15) is 31.2 Å². The van der Waals surface area contributed by atoms with Crippen molar-refractivity contribution in [2.45, 2.75) is 38.6 Å². The van der Waals surface area contributed by atoms with Gasteiger partial charge in [-0.05, 0) is 49.6 Å². The van der Waals surface area contributed by atoms with E-state index in [9.17, 15) is 0 Å². The van der Waals surface area contributed by atoms with Crippen molar-refractivity contribution in [3.05, 3.63) is 40.5 Å². The molecule has 0 radical (unpaired) electrons. The SMILES string of the molecule is Cc1cc(Nc2nccc(NC3CCCC3)n2)ccc1Br. The third kappa shape index (κ3) is 3.73. The van der Waals surface area contributed by atoms with Crippen LogP contribution in [0, 0.1) is 6.92 Å². The predicted molar refractivity (Wildman–Crippen MR) is 90.1 cm³/mol. The van der Waals surface area contributed by atoms with E-state index in [1.807, 2.05) is 18.2 Å². The normalized spacial score (nSPS) is 15.1. The van der Waals surface area contributed by atoms with Crippen molar-refractivity contribution in [3.63, 3.8) is 0 Å². The molecule has 1 fully saturated rings. The van der Waals surface area contributed by atoms with Gasteiger partial charge in [0.15, 0.2) is 0 Å². The van der Waals surface area contributed by atoms with Gasteiger partial charge in [0.2, 0.25) is 5.95 Å². The average Bonchev–Trinajstić information content (AvgIpc) is 2.96. The summed E-state index contributed by atoms with van der Waals surface area (Å²) >= 11 is 3.51. The molecule has 0 spiro atoms. The number of nitrogens with zero attached hydrogens (tertiary/aromatic N) is 2. The maximum absolute atomic E-state index is 4.54. The first-order chi connectivity index (χ1) is 10.2. The first-order valence-corrected chi connectivity index (χ1v) is 8.13. The van der Waals surface area contributed by atoms with E-state index < -0.39 is 0 Å². The highest BCUT2D eigenvalue weighted by Crippen LogP contribution is 2.23. The number of aryl methyl sites for hydroxylation is 1. The molecule has 0 saturated heterocycles. The minimum Gasteiger partial charge on any atom is -0.367 e. The number of nitrogens with one attached hydrogen (secondary N) is 2. The van der Waals surface area contributed by atoms with Gasteiger partial charge in [0.1, 0.15) is 5.82 Å². The lowest BCUT2D eigenvalue weighted by molar-refractivity contribution is 0.750. The van der Waals surface area contributed by atoms with Crippen molar-refractivity contribution < 1.29 is 0 Å². The molecule has 1 aromatic carbocycles. The number of halogens is 1. The van der Waals surface area contributed by atoms with Gasteiger partial charge in [-0.15, -0.1) is 0 Å². The second kappa shape index (κ2) is 6.43. The summed E-state index contributed by atoms with van der Waals surface area (Å²) in [5, 5.41) is 6.74. The summed E-state index contributed by atoms with van der Waals surface area (Å²) in [7, 11) is 0. The van der Waals surface area contributed by atoms with E-state index in [0.717, 1.165) is 16.0 Å². The van der Waals surface area contributed by atoms with E-state index in [1.54, 1.807) is 6.20 Å². The van der Waals surface area contributed by atoms with Gasteiger partial charge in [-0.1, -0.05) is 28.8 Å². The summed E-state index contributed by atoms with van der Waals surface area (Å²) in [5.41, 5.74) is 2.17. The molecule has 2 aromatic rings. The molecule has 1 aromatic heterocycles. The summed E-state index contributed by atoms with van der Waals surface area (Å²) in [6, 6.07) is 8.60. The average molecular weight is 347 g/mol. The monoisotopic (exact) mass is 346 g/mol. The molecule has 0 unspecified atom stereocenters. The van der Waals surface area contributed by atoms with Crippen LogP contribution in [0.2, 0.25) is 0 Å². The number of benzene rings is 1. The predicted octanol–water partition coefficient (Wildman–Crippen LogP) is 4.65. The molecule has 0 bridgehead atoms. The van der Waals surface area contributed by atoms with Crippen LogP contribution < -0.4 is 10.6 Å². The Morgan fingerprint density at radius 3 is 2.76 bits per heavy atom. The third-order valence-electron chi connectivity index (χ3n) is 3.78. The molecule has 1 aliphatic rings. The first-order valence-electron chi connectivity index (χ1n) is 7.33. The molecule has 110 valence electrons. The van der Waals surface area contributed by atoms with Gasteiger partial charge in [-0.25, -0.2) is 4.98 Å². The highest BCUT2D eigenvalue weighted by atomic mass is 79.9. The second-order valence-electron chi connectivity index (χ2n) is 5.48. The molecular formula is C16H19BrN4. The first kappa shape index (κ1) is 14.3. The Labute approximate surface area is 133 Å². The number of rotatable bonds is 4. The molecule has 5 heteroatoms. The second-order valence-corrected chi connectivity index (χ2v) is 6.33. The smallest absolute Gasteiger partial charge is 0.229 e. The molecule has 1 aliphatic carbocycles. The molecule has 1 heterocycles. The van der Waals surface area contributed by atoms with Crippen LogP contribution >= 0.6 is 15.9 Å². The van der Waals surface area contributed by atoms with E-state index >= 15 is 0 Å². The van der Waals surface area contributed by atoms with Crippen molar-refractivity contribution in [2.75, 3.05) is 10.6 Å². The maximum atomic E-state index is 4.54. The third-order valence-corrected chi connectivity index (χ3v) is 4.67. The van der Waals surface area contributed by atoms with Gasteiger partial charge >= 0.3 is 0 Å². The number of hydrogen-bond donors (Lipinski definition) is 2.